The molecule has 80 valence electrons. The van der Waals surface area contributed by atoms with Crippen LogP contribution >= 0.6 is 0 Å². The molecule has 2 atom stereocenters. The van der Waals surface area contributed by atoms with E-state index >= 15 is 0 Å². The van der Waals surface area contributed by atoms with E-state index in [0.717, 1.165) is 12.0 Å². The summed E-state index contributed by atoms with van der Waals surface area (Å²) in [6.45, 7) is 3.33. The molecule has 0 radical (unpaired) electrons. The molecule has 2 unspecified atom stereocenters. The molecule has 2 rings (SSSR count). The number of aromatic hydroxyl groups is 2. The highest BCUT2D eigenvalue weighted by Crippen LogP contribution is 2.49. The second-order valence-electron chi connectivity index (χ2n) is 4.26. The third-order valence-corrected chi connectivity index (χ3v) is 3.04. The van der Waals surface area contributed by atoms with Crippen molar-refractivity contribution in [2.75, 3.05) is 0 Å². The molecule has 1 aromatic carbocycles. The Balaban J connectivity index is 2.28. The second-order valence-corrected chi connectivity index (χ2v) is 4.26. The fourth-order valence-electron chi connectivity index (χ4n) is 2.02. The molecule has 2 N–H and O–H groups in total. The molecule has 0 bridgehead atoms. The van der Waals surface area contributed by atoms with Gasteiger partial charge in [-0.25, -0.2) is 0 Å². The van der Waals surface area contributed by atoms with Gasteiger partial charge in [0.2, 0.25) is 0 Å². The van der Waals surface area contributed by atoms with Crippen LogP contribution in [0.5, 0.6) is 11.5 Å². The van der Waals surface area contributed by atoms with Crippen LogP contribution in [-0.2, 0) is 4.79 Å². The monoisotopic (exact) mass is 206 g/mol. The van der Waals surface area contributed by atoms with Crippen LogP contribution in [0.3, 0.4) is 0 Å². The van der Waals surface area contributed by atoms with Crippen LogP contribution < -0.4 is 0 Å². The van der Waals surface area contributed by atoms with Crippen molar-refractivity contribution in [1.29, 1.82) is 0 Å². The van der Waals surface area contributed by atoms with Crippen molar-refractivity contribution in [2.24, 2.45) is 5.92 Å². The van der Waals surface area contributed by atoms with Crippen LogP contribution in [0.2, 0.25) is 0 Å². The van der Waals surface area contributed by atoms with Crippen molar-refractivity contribution >= 4 is 5.78 Å². The zero-order chi connectivity index (χ0) is 11.2. The summed E-state index contributed by atoms with van der Waals surface area (Å²) >= 11 is 0. The fourth-order valence-corrected chi connectivity index (χ4v) is 2.02. The van der Waals surface area contributed by atoms with Crippen LogP contribution in [0.4, 0.5) is 0 Å². The Morgan fingerprint density at radius 1 is 1.40 bits per heavy atom. The molecule has 1 aromatic rings. The predicted molar refractivity (Wildman–Crippen MR) is 56.0 cm³/mol. The number of hydrogen-bond donors (Lipinski definition) is 2. The molecule has 15 heavy (non-hydrogen) atoms. The first-order chi connectivity index (χ1) is 7.00. The third-order valence-electron chi connectivity index (χ3n) is 3.04. The number of carbonyl (C=O) groups is 1. The molecule has 1 aliphatic rings. The van der Waals surface area contributed by atoms with Gasteiger partial charge in [-0.1, -0.05) is 6.07 Å². The van der Waals surface area contributed by atoms with Gasteiger partial charge in [0.05, 0.1) is 0 Å². The van der Waals surface area contributed by atoms with Gasteiger partial charge in [-0.2, -0.15) is 0 Å². The van der Waals surface area contributed by atoms with E-state index in [1.165, 1.54) is 0 Å². The zero-order valence-corrected chi connectivity index (χ0v) is 8.82. The van der Waals surface area contributed by atoms with Crippen LogP contribution in [0.1, 0.15) is 30.4 Å². The lowest BCUT2D eigenvalue weighted by atomic mass is 10.0. The zero-order valence-electron chi connectivity index (χ0n) is 8.82. The van der Waals surface area contributed by atoms with E-state index in [9.17, 15) is 15.0 Å². The summed E-state index contributed by atoms with van der Waals surface area (Å²) in [5.74, 6) is 0.365. The Morgan fingerprint density at radius 3 is 2.53 bits per heavy atom. The Labute approximate surface area is 88.4 Å². The minimum Gasteiger partial charge on any atom is -0.504 e. The summed E-state index contributed by atoms with van der Waals surface area (Å²) in [5.41, 5.74) is 1.60. The van der Waals surface area contributed by atoms with Gasteiger partial charge in [0, 0.05) is 5.92 Å². The SMILES string of the molecule is CC(=O)C1CC1c1cc(C)c(O)c(O)c1. The second kappa shape index (κ2) is 3.26. The number of carbonyl (C=O) groups excluding carboxylic acids is 1. The van der Waals surface area contributed by atoms with Crippen LogP contribution in [0, 0.1) is 12.8 Å². The number of aryl methyl sites for hydroxylation is 1. The Morgan fingerprint density at radius 2 is 2.07 bits per heavy atom. The minimum absolute atomic E-state index is 0.0706. The van der Waals surface area contributed by atoms with Crippen LogP contribution in [0.15, 0.2) is 12.1 Å². The van der Waals surface area contributed by atoms with Crippen molar-refractivity contribution < 1.29 is 15.0 Å². The van der Waals surface area contributed by atoms with E-state index in [0.29, 0.717) is 5.56 Å². The Kier molecular flexibility index (Phi) is 2.18. The van der Waals surface area contributed by atoms with E-state index < -0.39 is 0 Å². The topological polar surface area (TPSA) is 57.5 Å². The van der Waals surface area contributed by atoms with E-state index in [2.05, 4.69) is 0 Å². The largest absolute Gasteiger partial charge is 0.504 e. The van der Waals surface area contributed by atoms with Gasteiger partial charge in [0.1, 0.15) is 5.78 Å². The molecular formula is C12H14O3. The number of hydrogen-bond acceptors (Lipinski definition) is 3. The van der Waals surface area contributed by atoms with Crippen LogP contribution in [-0.4, -0.2) is 16.0 Å². The van der Waals surface area contributed by atoms with Crippen molar-refractivity contribution in [3.8, 4) is 11.5 Å². The van der Waals surface area contributed by atoms with Gasteiger partial charge >= 0.3 is 0 Å². The summed E-state index contributed by atoms with van der Waals surface area (Å²) in [7, 11) is 0. The van der Waals surface area contributed by atoms with E-state index in [4.69, 9.17) is 0 Å². The maximum Gasteiger partial charge on any atom is 0.160 e. The molecule has 0 amide bonds. The molecule has 1 fully saturated rings. The van der Waals surface area contributed by atoms with Gasteiger partial charge < -0.3 is 10.2 Å². The molecule has 3 heteroatoms. The fraction of sp³-hybridized carbons (Fsp3) is 0.417. The van der Waals surface area contributed by atoms with Crippen molar-refractivity contribution in [3.05, 3.63) is 23.3 Å². The maximum atomic E-state index is 11.1. The molecule has 0 heterocycles. The average molecular weight is 206 g/mol. The summed E-state index contributed by atoms with van der Waals surface area (Å²) in [5, 5.41) is 18.8. The lowest BCUT2D eigenvalue weighted by Crippen LogP contribution is -1.95. The first kappa shape index (κ1) is 10.0. The number of phenolic OH excluding ortho intramolecular Hbond substituents is 2. The summed E-state index contributed by atoms with van der Waals surface area (Å²) < 4.78 is 0. The molecule has 1 saturated carbocycles. The van der Waals surface area contributed by atoms with Gasteiger partial charge in [-0.3, -0.25) is 4.79 Å². The highest BCUT2D eigenvalue weighted by molar-refractivity contribution is 5.82. The van der Waals surface area contributed by atoms with E-state index in [1.807, 2.05) is 6.07 Å². The Hall–Kier alpha value is -1.51. The highest BCUT2D eigenvalue weighted by Gasteiger charge is 2.42. The first-order valence-corrected chi connectivity index (χ1v) is 5.03. The number of phenols is 2. The summed E-state index contributed by atoms with van der Waals surface area (Å²) in [6.07, 6.45) is 0.860. The number of ketones is 1. The smallest absolute Gasteiger partial charge is 0.160 e. The first-order valence-electron chi connectivity index (χ1n) is 5.03. The third kappa shape index (κ3) is 1.69. The van der Waals surface area contributed by atoms with Gasteiger partial charge in [-0.15, -0.1) is 0 Å². The lowest BCUT2D eigenvalue weighted by molar-refractivity contribution is -0.118. The standard InChI is InChI=1S/C12H14O3/c1-6-3-8(4-11(14)12(6)15)10-5-9(10)7(2)13/h3-4,9-10,14-15H,5H2,1-2H3. The average Bonchev–Trinajstić information content (AvgIpc) is 2.92. The molecule has 0 aliphatic heterocycles. The molecule has 0 spiro atoms. The normalized spacial score (nSPS) is 23.9. The predicted octanol–water partition coefficient (Wildman–Crippen LogP) is 2.10. The lowest BCUT2D eigenvalue weighted by Gasteiger charge is -2.05. The quantitative estimate of drug-likeness (QED) is 0.728. The van der Waals surface area contributed by atoms with E-state index in [1.54, 1.807) is 19.9 Å². The maximum absolute atomic E-state index is 11.1. The van der Waals surface area contributed by atoms with Gasteiger partial charge in [0.25, 0.3) is 0 Å². The van der Waals surface area contributed by atoms with Crippen LogP contribution in [0.25, 0.3) is 0 Å². The minimum atomic E-state index is -0.0980. The molecule has 0 aromatic heterocycles. The van der Waals surface area contributed by atoms with E-state index in [-0.39, 0.29) is 29.1 Å². The number of rotatable bonds is 2. The van der Waals surface area contributed by atoms with Crippen molar-refractivity contribution in [2.45, 2.75) is 26.2 Å². The molecule has 0 saturated heterocycles. The molecule has 3 nitrogen and oxygen atoms in total. The van der Waals surface area contributed by atoms with Gasteiger partial charge in [0.15, 0.2) is 11.5 Å². The molecular weight excluding hydrogens is 192 g/mol. The highest BCUT2D eigenvalue weighted by atomic mass is 16.3. The van der Waals surface area contributed by atoms with Crippen molar-refractivity contribution in [3.63, 3.8) is 0 Å². The number of benzene rings is 1. The summed E-state index contributed by atoms with van der Waals surface area (Å²) in [4.78, 5) is 11.1. The molecule has 1 aliphatic carbocycles. The van der Waals surface area contributed by atoms with Crippen molar-refractivity contribution in [1.82, 2.24) is 0 Å². The number of Topliss-reactive ketones (excluding diaryl/α,β-unsaturated/α-hetero) is 1. The van der Waals surface area contributed by atoms with Gasteiger partial charge in [-0.05, 0) is 43.4 Å². The Bertz CT molecular complexity index is 400. The summed E-state index contributed by atoms with van der Waals surface area (Å²) in [6, 6.07) is 3.39.